The van der Waals surface area contributed by atoms with Gasteiger partial charge in [0, 0.05) is 25.5 Å². The summed E-state index contributed by atoms with van der Waals surface area (Å²) in [4.78, 5) is 14.1. The Balaban J connectivity index is 1.55. The van der Waals surface area contributed by atoms with Gasteiger partial charge >= 0.3 is 0 Å². The predicted octanol–water partition coefficient (Wildman–Crippen LogP) is 5.22. The van der Waals surface area contributed by atoms with Crippen LogP contribution in [0.25, 0.3) is 0 Å². The zero-order valence-corrected chi connectivity index (χ0v) is 18.8. The average molecular weight is 423 g/mol. The fraction of sp³-hybridized carbons (Fsp3) is 0.214. The van der Waals surface area contributed by atoms with E-state index < -0.39 is 0 Å². The molecule has 2 heterocycles. The van der Waals surface area contributed by atoms with Crippen molar-refractivity contribution in [2.75, 3.05) is 27.2 Å². The van der Waals surface area contributed by atoms with E-state index in [1.54, 1.807) is 0 Å². The zero-order chi connectivity index (χ0) is 22.2. The van der Waals surface area contributed by atoms with Crippen LogP contribution in [0.5, 0.6) is 0 Å². The van der Waals surface area contributed by atoms with Crippen molar-refractivity contribution in [2.45, 2.75) is 12.1 Å². The highest BCUT2D eigenvalue weighted by molar-refractivity contribution is 5.29. The SMILES string of the molecule is CN(CCN(C)C(c1ccccc1)c1ccccn1)C(c1ccccc1)c1ccccn1. The standard InChI is InChI=1S/C28H30N4/c1-31(27(23-13-5-3-6-14-23)25-17-9-11-19-29-25)21-22-32(2)28(24-15-7-4-8-16-24)26-18-10-12-20-30-26/h3-20,27-28H,21-22H2,1-2H3. The molecule has 2 aromatic carbocycles. The molecule has 0 saturated carbocycles. The van der Waals surface area contributed by atoms with Crippen LogP contribution in [0.4, 0.5) is 0 Å². The molecule has 2 atom stereocenters. The molecule has 0 radical (unpaired) electrons. The largest absolute Gasteiger partial charge is 0.293 e. The summed E-state index contributed by atoms with van der Waals surface area (Å²) in [6.45, 7) is 1.78. The molecule has 0 amide bonds. The Morgan fingerprint density at radius 1 is 0.531 bits per heavy atom. The topological polar surface area (TPSA) is 32.3 Å². The molecule has 0 spiro atoms. The first kappa shape index (κ1) is 21.9. The Labute approximate surface area is 191 Å². The lowest BCUT2D eigenvalue weighted by Gasteiger charge is -2.33. The maximum absolute atomic E-state index is 4.67. The first-order chi connectivity index (χ1) is 15.7. The molecule has 2 unspecified atom stereocenters. The van der Waals surface area contributed by atoms with Crippen molar-refractivity contribution in [3.8, 4) is 0 Å². The Morgan fingerprint density at radius 3 is 1.25 bits per heavy atom. The number of rotatable bonds is 9. The van der Waals surface area contributed by atoms with Crippen molar-refractivity contribution >= 4 is 0 Å². The molecule has 162 valence electrons. The number of likely N-dealkylation sites (N-methyl/N-ethyl adjacent to an activating group) is 2. The summed E-state index contributed by atoms with van der Waals surface area (Å²) in [7, 11) is 4.36. The van der Waals surface area contributed by atoms with E-state index in [1.165, 1.54) is 11.1 Å². The van der Waals surface area contributed by atoms with Gasteiger partial charge in [0.05, 0.1) is 23.5 Å². The normalized spacial score (nSPS) is 13.2. The fourth-order valence-corrected chi connectivity index (χ4v) is 4.22. The first-order valence-corrected chi connectivity index (χ1v) is 11.1. The number of pyridine rings is 2. The zero-order valence-electron chi connectivity index (χ0n) is 18.8. The van der Waals surface area contributed by atoms with Crippen LogP contribution < -0.4 is 0 Å². The minimum Gasteiger partial charge on any atom is -0.293 e. The Bertz CT molecular complexity index is 888. The van der Waals surface area contributed by atoms with Gasteiger partial charge in [0.2, 0.25) is 0 Å². The van der Waals surface area contributed by atoms with Crippen LogP contribution in [0.1, 0.15) is 34.6 Å². The molecule has 32 heavy (non-hydrogen) atoms. The third kappa shape index (κ3) is 5.28. The summed E-state index contributed by atoms with van der Waals surface area (Å²) in [5.41, 5.74) is 4.63. The van der Waals surface area contributed by atoms with Gasteiger partial charge in [-0.05, 0) is 49.5 Å². The summed E-state index contributed by atoms with van der Waals surface area (Å²) in [5, 5.41) is 0. The lowest BCUT2D eigenvalue weighted by Crippen LogP contribution is -2.36. The highest BCUT2D eigenvalue weighted by Gasteiger charge is 2.24. The van der Waals surface area contributed by atoms with E-state index in [9.17, 15) is 0 Å². The molecule has 0 saturated heterocycles. The Kier molecular flexibility index (Phi) is 7.38. The number of hydrogen-bond acceptors (Lipinski definition) is 4. The van der Waals surface area contributed by atoms with Crippen molar-refractivity contribution in [2.24, 2.45) is 0 Å². The molecule has 0 aliphatic rings. The molecule has 4 rings (SSSR count). The van der Waals surface area contributed by atoms with E-state index in [1.807, 2.05) is 24.5 Å². The third-order valence-corrected chi connectivity index (χ3v) is 5.85. The van der Waals surface area contributed by atoms with E-state index >= 15 is 0 Å². The molecule has 0 fully saturated rings. The molecule has 0 N–H and O–H groups in total. The number of benzene rings is 2. The summed E-state index contributed by atoms with van der Waals surface area (Å²) in [6.07, 6.45) is 3.75. The molecular weight excluding hydrogens is 392 g/mol. The van der Waals surface area contributed by atoms with E-state index in [-0.39, 0.29) is 12.1 Å². The molecule has 0 aliphatic heterocycles. The fourth-order valence-electron chi connectivity index (χ4n) is 4.22. The van der Waals surface area contributed by atoms with Crippen molar-refractivity contribution < 1.29 is 0 Å². The van der Waals surface area contributed by atoms with Crippen LogP contribution >= 0.6 is 0 Å². The van der Waals surface area contributed by atoms with Crippen molar-refractivity contribution in [1.82, 2.24) is 19.8 Å². The van der Waals surface area contributed by atoms with Gasteiger partial charge in [-0.1, -0.05) is 72.8 Å². The van der Waals surface area contributed by atoms with Crippen molar-refractivity contribution in [3.63, 3.8) is 0 Å². The highest BCUT2D eigenvalue weighted by atomic mass is 15.2. The van der Waals surface area contributed by atoms with E-state index in [0.29, 0.717) is 0 Å². The number of aromatic nitrogens is 2. The van der Waals surface area contributed by atoms with Gasteiger partial charge in [-0.25, -0.2) is 0 Å². The number of hydrogen-bond donors (Lipinski definition) is 0. The second-order valence-electron chi connectivity index (χ2n) is 8.10. The molecule has 4 aromatic rings. The van der Waals surface area contributed by atoms with Gasteiger partial charge in [-0.2, -0.15) is 0 Å². The Morgan fingerprint density at radius 2 is 0.906 bits per heavy atom. The van der Waals surface area contributed by atoms with Crippen LogP contribution in [-0.4, -0.2) is 47.0 Å². The van der Waals surface area contributed by atoms with Gasteiger partial charge in [-0.15, -0.1) is 0 Å². The van der Waals surface area contributed by atoms with Gasteiger partial charge in [-0.3, -0.25) is 19.8 Å². The van der Waals surface area contributed by atoms with Gasteiger partial charge in [0.15, 0.2) is 0 Å². The lowest BCUT2D eigenvalue weighted by molar-refractivity contribution is 0.202. The van der Waals surface area contributed by atoms with E-state index in [0.717, 1.165) is 24.5 Å². The summed E-state index contributed by atoms with van der Waals surface area (Å²) < 4.78 is 0. The minimum atomic E-state index is 0.107. The van der Waals surface area contributed by atoms with Crippen molar-refractivity contribution in [3.05, 3.63) is 132 Å². The number of nitrogens with zero attached hydrogens (tertiary/aromatic N) is 4. The van der Waals surface area contributed by atoms with Crippen LogP contribution in [-0.2, 0) is 0 Å². The maximum atomic E-state index is 4.67. The molecular formula is C28H30N4. The van der Waals surface area contributed by atoms with Gasteiger partial charge in [0.25, 0.3) is 0 Å². The average Bonchev–Trinajstić information content (AvgIpc) is 2.86. The molecule has 0 bridgehead atoms. The maximum Gasteiger partial charge on any atom is 0.0774 e. The molecule has 2 aromatic heterocycles. The second kappa shape index (κ2) is 10.8. The van der Waals surface area contributed by atoms with Crippen LogP contribution in [0.3, 0.4) is 0 Å². The van der Waals surface area contributed by atoms with Crippen LogP contribution in [0, 0.1) is 0 Å². The lowest BCUT2D eigenvalue weighted by atomic mass is 10.0. The van der Waals surface area contributed by atoms with E-state index in [2.05, 4.69) is 119 Å². The molecule has 4 heteroatoms. The quantitative estimate of drug-likeness (QED) is 0.370. The summed E-state index contributed by atoms with van der Waals surface area (Å²) in [5.74, 6) is 0. The van der Waals surface area contributed by atoms with Crippen LogP contribution in [0.15, 0.2) is 109 Å². The van der Waals surface area contributed by atoms with Gasteiger partial charge < -0.3 is 0 Å². The highest BCUT2D eigenvalue weighted by Crippen LogP contribution is 2.28. The third-order valence-electron chi connectivity index (χ3n) is 5.85. The minimum absolute atomic E-state index is 0.107. The summed E-state index contributed by atoms with van der Waals surface area (Å²) >= 11 is 0. The monoisotopic (exact) mass is 422 g/mol. The van der Waals surface area contributed by atoms with E-state index in [4.69, 9.17) is 0 Å². The smallest absolute Gasteiger partial charge is 0.0774 e. The molecule has 0 aliphatic carbocycles. The molecule has 4 nitrogen and oxygen atoms in total. The van der Waals surface area contributed by atoms with Gasteiger partial charge in [0.1, 0.15) is 0 Å². The second-order valence-corrected chi connectivity index (χ2v) is 8.10. The van der Waals surface area contributed by atoms with Crippen molar-refractivity contribution in [1.29, 1.82) is 0 Å². The predicted molar refractivity (Wildman–Crippen MR) is 130 cm³/mol. The first-order valence-electron chi connectivity index (χ1n) is 11.1. The van der Waals surface area contributed by atoms with Crippen LogP contribution in [0.2, 0.25) is 0 Å². The summed E-state index contributed by atoms with van der Waals surface area (Å²) in [6, 6.07) is 33.7. The Hall–Kier alpha value is -3.34.